The molecule has 19 heavy (non-hydrogen) atoms. The maximum Gasteiger partial charge on any atom is 0.181 e. The van der Waals surface area contributed by atoms with Crippen molar-refractivity contribution in [3.05, 3.63) is 16.1 Å². The zero-order valence-corrected chi connectivity index (χ0v) is 14.1. The summed E-state index contributed by atoms with van der Waals surface area (Å²) in [7, 11) is 0. The molecule has 102 valence electrons. The first-order chi connectivity index (χ1) is 9.13. The standard InChI is InChI=1S/C10H10Cl2N4S3/c1-3-13-7-5(11)4-6(12)8(14-7)18-10-16-15-9(17-2)19-10/h4H,3H2,1-2H3,(H,13,14). The van der Waals surface area contributed by atoms with Crippen LogP contribution in [0.1, 0.15) is 6.92 Å². The minimum absolute atomic E-state index is 0.512. The van der Waals surface area contributed by atoms with Gasteiger partial charge in [0.2, 0.25) is 0 Å². The highest BCUT2D eigenvalue weighted by Crippen LogP contribution is 2.37. The molecule has 0 saturated heterocycles. The van der Waals surface area contributed by atoms with Gasteiger partial charge in [-0.25, -0.2) is 4.98 Å². The summed E-state index contributed by atoms with van der Waals surface area (Å²) in [5.41, 5.74) is 0. The molecule has 1 N–H and O–H groups in total. The Bertz CT molecular complexity index is 576. The van der Waals surface area contributed by atoms with E-state index in [0.29, 0.717) is 20.9 Å². The second-order valence-electron chi connectivity index (χ2n) is 3.28. The van der Waals surface area contributed by atoms with Crippen molar-refractivity contribution in [1.29, 1.82) is 0 Å². The Hall–Kier alpha value is -0.210. The monoisotopic (exact) mass is 352 g/mol. The van der Waals surface area contributed by atoms with Crippen LogP contribution in [0.3, 0.4) is 0 Å². The zero-order chi connectivity index (χ0) is 13.8. The number of halogens is 2. The molecule has 0 fully saturated rings. The maximum absolute atomic E-state index is 6.15. The number of nitrogens with zero attached hydrogens (tertiary/aromatic N) is 3. The van der Waals surface area contributed by atoms with Crippen LogP contribution in [0.2, 0.25) is 10.0 Å². The number of pyridine rings is 1. The molecular weight excluding hydrogens is 343 g/mol. The summed E-state index contributed by atoms with van der Waals surface area (Å²) in [5.74, 6) is 0.630. The molecule has 0 saturated carbocycles. The van der Waals surface area contributed by atoms with Crippen LogP contribution < -0.4 is 5.32 Å². The third-order valence-corrected chi connectivity index (χ3v) is 5.63. The first-order valence-electron chi connectivity index (χ1n) is 5.29. The lowest BCUT2D eigenvalue weighted by atomic mass is 10.4. The number of aromatic nitrogens is 3. The van der Waals surface area contributed by atoms with Gasteiger partial charge >= 0.3 is 0 Å². The molecule has 0 aliphatic heterocycles. The van der Waals surface area contributed by atoms with Crippen LogP contribution >= 0.6 is 58.1 Å². The molecule has 0 bridgehead atoms. The average Bonchev–Trinajstić information content (AvgIpc) is 2.83. The van der Waals surface area contributed by atoms with Gasteiger partial charge in [-0.3, -0.25) is 0 Å². The highest BCUT2D eigenvalue weighted by atomic mass is 35.5. The fourth-order valence-corrected chi connectivity index (χ4v) is 4.10. The van der Waals surface area contributed by atoms with Crippen molar-refractivity contribution >= 4 is 63.9 Å². The molecule has 2 aromatic rings. The highest BCUT2D eigenvalue weighted by molar-refractivity contribution is 8.03. The summed E-state index contributed by atoms with van der Waals surface area (Å²) in [4.78, 5) is 4.41. The molecule has 2 heterocycles. The maximum atomic E-state index is 6.15. The first kappa shape index (κ1) is 15.2. The third kappa shape index (κ3) is 3.88. The normalized spacial score (nSPS) is 10.7. The van der Waals surface area contributed by atoms with Crippen LogP contribution in [0.5, 0.6) is 0 Å². The largest absolute Gasteiger partial charge is 0.369 e. The molecule has 0 aromatic carbocycles. The summed E-state index contributed by atoms with van der Waals surface area (Å²) in [6.07, 6.45) is 1.96. The van der Waals surface area contributed by atoms with Crippen molar-refractivity contribution in [3.8, 4) is 0 Å². The van der Waals surface area contributed by atoms with Crippen molar-refractivity contribution in [2.45, 2.75) is 20.6 Å². The van der Waals surface area contributed by atoms with Crippen molar-refractivity contribution in [2.24, 2.45) is 0 Å². The molecule has 9 heteroatoms. The quantitative estimate of drug-likeness (QED) is 0.796. The summed E-state index contributed by atoms with van der Waals surface area (Å²) >= 11 is 16.7. The smallest absolute Gasteiger partial charge is 0.181 e. The lowest BCUT2D eigenvalue weighted by Crippen LogP contribution is -2.00. The van der Waals surface area contributed by atoms with Crippen molar-refractivity contribution < 1.29 is 0 Å². The molecule has 0 spiro atoms. The molecule has 4 nitrogen and oxygen atoms in total. The Morgan fingerprint density at radius 1 is 1.26 bits per heavy atom. The summed E-state index contributed by atoms with van der Waals surface area (Å²) < 4.78 is 1.73. The van der Waals surface area contributed by atoms with Crippen LogP contribution in [0, 0.1) is 0 Å². The predicted molar refractivity (Wildman–Crippen MR) is 84.2 cm³/mol. The van der Waals surface area contributed by atoms with Gasteiger partial charge in [-0.1, -0.05) is 46.3 Å². The van der Waals surface area contributed by atoms with Gasteiger partial charge in [-0.15, -0.1) is 10.2 Å². The van der Waals surface area contributed by atoms with E-state index in [4.69, 9.17) is 23.2 Å². The third-order valence-electron chi connectivity index (χ3n) is 1.99. The van der Waals surface area contributed by atoms with Crippen LogP contribution in [0.15, 0.2) is 19.8 Å². The van der Waals surface area contributed by atoms with E-state index in [9.17, 15) is 0 Å². The lowest BCUT2D eigenvalue weighted by Gasteiger charge is -2.08. The number of rotatable bonds is 5. The fourth-order valence-electron chi connectivity index (χ4n) is 1.22. The molecule has 2 rings (SSSR count). The first-order valence-corrected chi connectivity index (χ1v) is 8.90. The number of thioether (sulfide) groups is 1. The van der Waals surface area contributed by atoms with E-state index >= 15 is 0 Å². The molecule has 0 amide bonds. The Labute approximate surface area is 133 Å². The van der Waals surface area contributed by atoms with Crippen molar-refractivity contribution in [1.82, 2.24) is 15.2 Å². The summed E-state index contributed by atoms with van der Waals surface area (Å²) in [6.45, 7) is 2.73. The number of nitrogens with one attached hydrogen (secondary N) is 1. The Balaban J connectivity index is 2.26. The van der Waals surface area contributed by atoms with Gasteiger partial charge in [-0.2, -0.15) is 0 Å². The number of anilines is 1. The van der Waals surface area contributed by atoms with E-state index < -0.39 is 0 Å². The van der Waals surface area contributed by atoms with Crippen molar-refractivity contribution in [2.75, 3.05) is 18.1 Å². The molecule has 0 radical (unpaired) electrons. The van der Waals surface area contributed by atoms with E-state index in [1.54, 1.807) is 17.8 Å². The Morgan fingerprint density at radius 3 is 2.63 bits per heavy atom. The van der Waals surface area contributed by atoms with Gasteiger partial charge in [0, 0.05) is 6.54 Å². The topological polar surface area (TPSA) is 50.7 Å². The second-order valence-corrected chi connectivity index (χ2v) is 7.36. The molecule has 0 aliphatic carbocycles. The van der Waals surface area contributed by atoms with Gasteiger partial charge in [0.05, 0.1) is 10.0 Å². The van der Waals surface area contributed by atoms with E-state index in [2.05, 4.69) is 20.5 Å². The SMILES string of the molecule is CCNc1nc(Sc2nnc(SC)s2)c(Cl)cc1Cl. The fraction of sp³-hybridized carbons (Fsp3) is 0.300. The Morgan fingerprint density at radius 2 is 2.00 bits per heavy atom. The molecule has 0 atom stereocenters. The van der Waals surface area contributed by atoms with Crippen LogP contribution in [-0.4, -0.2) is 28.0 Å². The van der Waals surface area contributed by atoms with Crippen LogP contribution in [0.25, 0.3) is 0 Å². The second kappa shape index (κ2) is 6.99. The van der Waals surface area contributed by atoms with Gasteiger partial charge in [0.15, 0.2) is 8.68 Å². The van der Waals surface area contributed by atoms with E-state index in [1.165, 1.54) is 23.1 Å². The van der Waals surface area contributed by atoms with E-state index in [0.717, 1.165) is 15.2 Å². The lowest BCUT2D eigenvalue weighted by molar-refractivity contribution is 0.953. The van der Waals surface area contributed by atoms with E-state index in [1.807, 2.05) is 13.2 Å². The number of hydrogen-bond acceptors (Lipinski definition) is 7. The van der Waals surface area contributed by atoms with Crippen molar-refractivity contribution in [3.63, 3.8) is 0 Å². The Kier molecular flexibility index (Phi) is 5.58. The average molecular weight is 353 g/mol. The summed E-state index contributed by atoms with van der Waals surface area (Å²) in [6, 6.07) is 1.69. The predicted octanol–water partition coefficient (Wildman–Crippen LogP) is 4.54. The zero-order valence-electron chi connectivity index (χ0n) is 10.1. The van der Waals surface area contributed by atoms with Crippen LogP contribution in [-0.2, 0) is 0 Å². The molecule has 0 aliphatic rings. The number of hydrogen-bond donors (Lipinski definition) is 1. The van der Waals surface area contributed by atoms with Gasteiger partial charge in [-0.05, 0) is 31.0 Å². The van der Waals surface area contributed by atoms with Crippen LogP contribution in [0.4, 0.5) is 5.82 Å². The highest BCUT2D eigenvalue weighted by Gasteiger charge is 2.13. The van der Waals surface area contributed by atoms with Gasteiger partial charge < -0.3 is 5.32 Å². The minimum atomic E-state index is 0.512. The minimum Gasteiger partial charge on any atom is -0.369 e. The van der Waals surface area contributed by atoms with Gasteiger partial charge in [0.1, 0.15) is 10.8 Å². The summed E-state index contributed by atoms with van der Waals surface area (Å²) in [5, 5.41) is 12.9. The molecule has 0 unspecified atom stereocenters. The molecule has 2 aromatic heterocycles. The van der Waals surface area contributed by atoms with Gasteiger partial charge in [0.25, 0.3) is 0 Å². The van der Waals surface area contributed by atoms with E-state index in [-0.39, 0.29) is 0 Å². The molecular formula is C10H10Cl2N4S3.